The van der Waals surface area contributed by atoms with Crippen LogP contribution in [0.1, 0.15) is 26.2 Å². The Morgan fingerprint density at radius 3 is 2.38 bits per heavy atom. The average molecular weight is 208 g/mol. The van der Waals surface area contributed by atoms with Gasteiger partial charge in [0.25, 0.3) is 0 Å². The molecule has 0 rings (SSSR count). The second-order valence-electron chi connectivity index (χ2n) is 3.60. The topological polar surface area (TPSA) is 71.4 Å². The molecule has 0 fully saturated rings. The van der Waals surface area contributed by atoms with Crippen molar-refractivity contribution in [2.75, 3.05) is 12.0 Å². The van der Waals surface area contributed by atoms with Gasteiger partial charge in [-0.1, -0.05) is 0 Å². The molecule has 0 bridgehead atoms. The van der Waals surface area contributed by atoms with Crippen molar-refractivity contribution in [3.63, 3.8) is 0 Å². The van der Waals surface area contributed by atoms with Crippen LogP contribution >= 0.6 is 0 Å². The standard InChI is InChI=1S/C8H16O4S/c1-8(10,5-6-9)4-3-7-13(2,11)12/h6,10H,3-5,7H2,1-2H3. The van der Waals surface area contributed by atoms with E-state index >= 15 is 0 Å². The predicted octanol–water partition coefficient (Wildman–Crippen LogP) is 0.151. The van der Waals surface area contributed by atoms with Crippen LogP contribution in [0.5, 0.6) is 0 Å². The van der Waals surface area contributed by atoms with Crippen LogP contribution in [0.2, 0.25) is 0 Å². The van der Waals surface area contributed by atoms with Crippen molar-refractivity contribution in [1.29, 1.82) is 0 Å². The van der Waals surface area contributed by atoms with Gasteiger partial charge in [0.15, 0.2) is 0 Å². The van der Waals surface area contributed by atoms with Gasteiger partial charge in [-0.3, -0.25) is 0 Å². The highest BCUT2D eigenvalue weighted by Crippen LogP contribution is 2.15. The van der Waals surface area contributed by atoms with Crippen LogP contribution in [0, 0.1) is 0 Å². The maximum absolute atomic E-state index is 10.7. The lowest BCUT2D eigenvalue weighted by atomic mass is 9.98. The lowest BCUT2D eigenvalue weighted by Gasteiger charge is -2.19. The van der Waals surface area contributed by atoms with Crippen molar-refractivity contribution in [2.24, 2.45) is 0 Å². The zero-order chi connectivity index (χ0) is 10.5. The van der Waals surface area contributed by atoms with Crippen LogP contribution in [-0.4, -0.2) is 37.4 Å². The fraction of sp³-hybridized carbons (Fsp3) is 0.875. The largest absolute Gasteiger partial charge is 0.390 e. The Morgan fingerprint density at radius 1 is 1.46 bits per heavy atom. The molecule has 0 saturated heterocycles. The Hall–Kier alpha value is -0.420. The molecule has 0 saturated carbocycles. The van der Waals surface area contributed by atoms with Crippen molar-refractivity contribution >= 4 is 16.1 Å². The van der Waals surface area contributed by atoms with Crippen molar-refractivity contribution in [2.45, 2.75) is 31.8 Å². The second-order valence-corrected chi connectivity index (χ2v) is 5.86. The van der Waals surface area contributed by atoms with Crippen LogP contribution in [0.25, 0.3) is 0 Å². The van der Waals surface area contributed by atoms with E-state index in [0.29, 0.717) is 19.1 Å². The molecular formula is C8H16O4S. The van der Waals surface area contributed by atoms with Crippen LogP contribution in [0.15, 0.2) is 0 Å². The highest BCUT2D eigenvalue weighted by Gasteiger charge is 2.19. The molecule has 0 heterocycles. The molecular weight excluding hydrogens is 192 g/mol. The molecule has 0 amide bonds. The summed E-state index contributed by atoms with van der Waals surface area (Å²) in [5.74, 6) is 0.0575. The minimum absolute atomic E-state index is 0.0523. The van der Waals surface area contributed by atoms with Crippen molar-refractivity contribution in [3.05, 3.63) is 0 Å². The van der Waals surface area contributed by atoms with Gasteiger partial charge < -0.3 is 9.90 Å². The first kappa shape index (κ1) is 12.6. The molecule has 0 aliphatic carbocycles. The van der Waals surface area contributed by atoms with E-state index in [1.807, 2.05) is 0 Å². The molecule has 1 unspecified atom stereocenters. The molecule has 0 aromatic heterocycles. The first-order valence-electron chi connectivity index (χ1n) is 4.10. The van der Waals surface area contributed by atoms with Crippen LogP contribution in [0.3, 0.4) is 0 Å². The van der Waals surface area contributed by atoms with Gasteiger partial charge in [0.1, 0.15) is 16.1 Å². The summed E-state index contributed by atoms with van der Waals surface area (Å²) in [7, 11) is -2.96. The molecule has 78 valence electrons. The number of carbonyl (C=O) groups excluding carboxylic acids is 1. The fourth-order valence-electron chi connectivity index (χ4n) is 0.997. The Labute approximate surface area is 78.9 Å². The highest BCUT2D eigenvalue weighted by molar-refractivity contribution is 7.90. The molecule has 0 aromatic rings. The van der Waals surface area contributed by atoms with E-state index in [1.54, 1.807) is 0 Å². The lowest BCUT2D eigenvalue weighted by Crippen LogP contribution is -2.25. The Bertz CT molecular complexity index is 253. The molecule has 0 spiro atoms. The summed E-state index contributed by atoms with van der Waals surface area (Å²) in [6.07, 6.45) is 2.57. The maximum Gasteiger partial charge on any atom is 0.147 e. The Morgan fingerprint density at radius 2 is 2.00 bits per heavy atom. The van der Waals surface area contributed by atoms with E-state index in [4.69, 9.17) is 0 Å². The fourth-order valence-corrected chi connectivity index (χ4v) is 1.67. The first-order valence-corrected chi connectivity index (χ1v) is 6.17. The normalized spacial score (nSPS) is 16.5. The third kappa shape index (κ3) is 7.93. The average Bonchev–Trinajstić information content (AvgIpc) is 1.82. The van der Waals surface area contributed by atoms with E-state index in [2.05, 4.69) is 0 Å². The highest BCUT2D eigenvalue weighted by atomic mass is 32.2. The number of carbonyl (C=O) groups is 1. The van der Waals surface area contributed by atoms with Gasteiger partial charge in [0.2, 0.25) is 0 Å². The molecule has 0 aliphatic rings. The smallest absolute Gasteiger partial charge is 0.147 e. The van der Waals surface area contributed by atoms with E-state index in [0.717, 1.165) is 6.26 Å². The molecule has 0 aromatic carbocycles. The Balaban J connectivity index is 3.82. The summed E-state index contributed by atoms with van der Waals surface area (Å²) in [4.78, 5) is 10.1. The molecule has 0 aliphatic heterocycles. The molecule has 1 atom stereocenters. The Kier molecular flexibility index (Phi) is 4.56. The van der Waals surface area contributed by atoms with Gasteiger partial charge in [0, 0.05) is 18.4 Å². The predicted molar refractivity (Wildman–Crippen MR) is 50.2 cm³/mol. The maximum atomic E-state index is 10.7. The SMILES string of the molecule is CC(O)(CC=O)CCCS(C)(=O)=O. The van der Waals surface area contributed by atoms with Crippen molar-refractivity contribution in [1.82, 2.24) is 0 Å². The molecule has 4 nitrogen and oxygen atoms in total. The number of hydrogen-bond donors (Lipinski definition) is 1. The van der Waals surface area contributed by atoms with E-state index in [-0.39, 0.29) is 12.2 Å². The van der Waals surface area contributed by atoms with E-state index in [9.17, 15) is 18.3 Å². The van der Waals surface area contributed by atoms with Gasteiger partial charge in [-0.15, -0.1) is 0 Å². The third-order valence-electron chi connectivity index (χ3n) is 1.75. The summed E-state index contributed by atoms with van der Waals surface area (Å²) in [5.41, 5.74) is -1.06. The zero-order valence-corrected chi connectivity index (χ0v) is 8.80. The summed E-state index contributed by atoms with van der Waals surface area (Å²) < 4.78 is 21.4. The van der Waals surface area contributed by atoms with Gasteiger partial charge in [-0.2, -0.15) is 0 Å². The molecule has 13 heavy (non-hydrogen) atoms. The number of hydrogen-bond acceptors (Lipinski definition) is 4. The third-order valence-corrected chi connectivity index (χ3v) is 2.78. The molecule has 0 radical (unpaired) electrons. The van der Waals surface area contributed by atoms with E-state index in [1.165, 1.54) is 6.92 Å². The molecule has 5 heteroatoms. The van der Waals surface area contributed by atoms with Crippen LogP contribution in [0.4, 0.5) is 0 Å². The quantitative estimate of drug-likeness (QED) is 0.631. The minimum Gasteiger partial charge on any atom is -0.390 e. The summed E-state index contributed by atoms with van der Waals surface area (Å²) in [5, 5.41) is 9.49. The lowest BCUT2D eigenvalue weighted by molar-refractivity contribution is -0.111. The van der Waals surface area contributed by atoms with Crippen LogP contribution in [-0.2, 0) is 14.6 Å². The number of sulfone groups is 1. The number of aldehydes is 1. The van der Waals surface area contributed by atoms with Crippen molar-refractivity contribution < 1.29 is 18.3 Å². The van der Waals surface area contributed by atoms with Gasteiger partial charge in [-0.05, 0) is 19.8 Å². The second kappa shape index (κ2) is 4.72. The van der Waals surface area contributed by atoms with E-state index < -0.39 is 15.4 Å². The number of rotatable bonds is 6. The zero-order valence-electron chi connectivity index (χ0n) is 7.99. The number of aliphatic hydroxyl groups is 1. The summed E-state index contributed by atoms with van der Waals surface area (Å²) in [6.45, 7) is 1.53. The van der Waals surface area contributed by atoms with Crippen molar-refractivity contribution in [3.8, 4) is 0 Å². The monoisotopic (exact) mass is 208 g/mol. The van der Waals surface area contributed by atoms with Crippen LogP contribution < -0.4 is 0 Å². The van der Waals surface area contributed by atoms with Gasteiger partial charge in [0.05, 0.1) is 5.60 Å². The van der Waals surface area contributed by atoms with Gasteiger partial charge in [-0.25, -0.2) is 8.42 Å². The van der Waals surface area contributed by atoms with Gasteiger partial charge >= 0.3 is 0 Å². The molecule has 1 N–H and O–H groups in total. The summed E-state index contributed by atoms with van der Waals surface area (Å²) in [6, 6.07) is 0. The first-order chi connectivity index (χ1) is 5.77. The summed E-state index contributed by atoms with van der Waals surface area (Å²) >= 11 is 0. The minimum atomic E-state index is -2.96.